The largest absolute Gasteiger partial charge is 0.370 e. The van der Waals surface area contributed by atoms with Crippen molar-refractivity contribution in [2.24, 2.45) is 0 Å². The summed E-state index contributed by atoms with van der Waals surface area (Å²) < 4.78 is 0.986. The van der Waals surface area contributed by atoms with Crippen molar-refractivity contribution in [3.8, 4) is 0 Å². The fourth-order valence-corrected chi connectivity index (χ4v) is 3.05. The summed E-state index contributed by atoms with van der Waals surface area (Å²) in [6, 6.07) is 9.48. The molecule has 0 atom stereocenters. The van der Waals surface area contributed by atoms with Crippen molar-refractivity contribution in [1.29, 1.82) is 0 Å². The zero-order chi connectivity index (χ0) is 16.1. The first-order chi connectivity index (χ1) is 11.2. The van der Waals surface area contributed by atoms with Crippen molar-refractivity contribution in [2.75, 3.05) is 23.3 Å². The number of carbonyl (C=O) groups is 1. The number of hydrogen-bond acceptors (Lipinski definition) is 3. The Morgan fingerprint density at radius 1 is 1.04 bits per heavy atom. The number of carbonyl (C=O) groups excluding carboxylic acids is 1. The van der Waals surface area contributed by atoms with Crippen LogP contribution < -0.4 is 10.2 Å². The number of aromatic nitrogens is 1. The number of nitrogens with zero attached hydrogens (tertiary/aromatic N) is 2. The number of hydrogen-bond donors (Lipinski definition) is 1. The summed E-state index contributed by atoms with van der Waals surface area (Å²) in [5.41, 5.74) is 2.41. The van der Waals surface area contributed by atoms with Crippen LogP contribution in [0.4, 0.5) is 11.4 Å². The summed E-state index contributed by atoms with van der Waals surface area (Å²) in [6.07, 6.45) is 8.45. The minimum Gasteiger partial charge on any atom is -0.370 e. The molecule has 3 rings (SSSR count). The van der Waals surface area contributed by atoms with E-state index in [0.29, 0.717) is 5.56 Å². The average molecular weight is 374 g/mol. The second-order valence-electron chi connectivity index (χ2n) is 5.79. The van der Waals surface area contributed by atoms with Gasteiger partial charge in [-0.05, 0) is 43.2 Å². The van der Waals surface area contributed by atoms with Crippen molar-refractivity contribution in [2.45, 2.75) is 25.7 Å². The van der Waals surface area contributed by atoms with Crippen LogP contribution in [0.5, 0.6) is 0 Å². The summed E-state index contributed by atoms with van der Waals surface area (Å²) in [4.78, 5) is 19.0. The molecule has 1 aromatic heterocycles. The van der Waals surface area contributed by atoms with E-state index in [1.807, 2.05) is 36.5 Å². The second-order valence-corrected chi connectivity index (χ2v) is 6.71. The van der Waals surface area contributed by atoms with Gasteiger partial charge >= 0.3 is 0 Å². The Kier molecular flexibility index (Phi) is 5.28. The van der Waals surface area contributed by atoms with Gasteiger partial charge in [0.15, 0.2) is 0 Å². The van der Waals surface area contributed by atoms with Gasteiger partial charge in [0.2, 0.25) is 0 Å². The maximum Gasteiger partial charge on any atom is 0.257 e. The fraction of sp³-hybridized carbons (Fsp3) is 0.333. The van der Waals surface area contributed by atoms with E-state index in [-0.39, 0.29) is 5.91 Å². The van der Waals surface area contributed by atoms with Crippen molar-refractivity contribution in [3.63, 3.8) is 0 Å². The minimum absolute atomic E-state index is 0.128. The van der Waals surface area contributed by atoms with Crippen LogP contribution in [0, 0.1) is 0 Å². The third-order valence-electron chi connectivity index (χ3n) is 4.06. The monoisotopic (exact) mass is 373 g/mol. The third-order valence-corrected chi connectivity index (χ3v) is 4.59. The van der Waals surface area contributed by atoms with Crippen LogP contribution in [0.15, 0.2) is 47.2 Å². The third kappa shape index (κ3) is 4.32. The van der Waals surface area contributed by atoms with Gasteiger partial charge in [-0.25, -0.2) is 0 Å². The van der Waals surface area contributed by atoms with E-state index in [2.05, 4.69) is 31.1 Å². The number of pyridine rings is 1. The minimum atomic E-state index is -0.128. The second kappa shape index (κ2) is 7.59. The van der Waals surface area contributed by atoms with Gasteiger partial charge in [-0.2, -0.15) is 0 Å². The Labute approximate surface area is 145 Å². The molecule has 1 N–H and O–H groups in total. The molecule has 0 aliphatic carbocycles. The molecule has 1 aliphatic rings. The Bertz CT molecular complexity index is 664. The van der Waals surface area contributed by atoms with E-state index < -0.39 is 0 Å². The average Bonchev–Trinajstić information content (AvgIpc) is 2.86. The van der Waals surface area contributed by atoms with Crippen LogP contribution in [-0.4, -0.2) is 24.0 Å². The molecule has 120 valence electrons. The molecule has 1 aromatic carbocycles. The summed E-state index contributed by atoms with van der Waals surface area (Å²) in [7, 11) is 0. The van der Waals surface area contributed by atoms with E-state index in [4.69, 9.17) is 0 Å². The zero-order valence-corrected chi connectivity index (χ0v) is 14.6. The molecule has 0 radical (unpaired) electrons. The van der Waals surface area contributed by atoms with Crippen LogP contribution in [0.25, 0.3) is 0 Å². The lowest BCUT2D eigenvalue weighted by atomic mass is 10.2. The number of halogens is 1. The van der Waals surface area contributed by atoms with Gasteiger partial charge in [-0.1, -0.05) is 28.8 Å². The smallest absolute Gasteiger partial charge is 0.257 e. The predicted molar refractivity (Wildman–Crippen MR) is 97.0 cm³/mol. The summed E-state index contributed by atoms with van der Waals surface area (Å²) in [5, 5.41) is 2.91. The fourth-order valence-electron chi connectivity index (χ4n) is 2.79. The Balaban J connectivity index is 1.73. The first-order valence-corrected chi connectivity index (χ1v) is 8.78. The molecule has 23 heavy (non-hydrogen) atoms. The van der Waals surface area contributed by atoms with Gasteiger partial charge in [0.05, 0.1) is 17.4 Å². The molecular formula is C18H20BrN3O. The van der Waals surface area contributed by atoms with Crippen LogP contribution >= 0.6 is 15.9 Å². The highest BCUT2D eigenvalue weighted by Gasteiger charge is 2.13. The van der Waals surface area contributed by atoms with Gasteiger partial charge in [0.25, 0.3) is 5.91 Å². The Morgan fingerprint density at radius 2 is 1.74 bits per heavy atom. The lowest BCUT2D eigenvalue weighted by Crippen LogP contribution is -2.24. The number of nitrogens with one attached hydrogen (secondary N) is 1. The van der Waals surface area contributed by atoms with Gasteiger partial charge in [-0.15, -0.1) is 0 Å². The molecule has 0 spiro atoms. The predicted octanol–water partition coefficient (Wildman–Crippen LogP) is 4.48. The molecule has 2 aromatic rings. The Morgan fingerprint density at radius 3 is 2.43 bits per heavy atom. The lowest BCUT2D eigenvalue weighted by Gasteiger charge is -2.22. The van der Waals surface area contributed by atoms with Crippen LogP contribution in [0.2, 0.25) is 0 Å². The molecule has 2 heterocycles. The number of rotatable bonds is 3. The quantitative estimate of drug-likeness (QED) is 0.862. The first kappa shape index (κ1) is 16.0. The van der Waals surface area contributed by atoms with Gasteiger partial charge in [0.1, 0.15) is 0 Å². The topological polar surface area (TPSA) is 45.2 Å². The molecule has 5 heteroatoms. The maximum atomic E-state index is 12.4. The molecule has 1 saturated heterocycles. The number of benzene rings is 1. The molecule has 0 bridgehead atoms. The summed E-state index contributed by atoms with van der Waals surface area (Å²) in [5.74, 6) is -0.128. The highest BCUT2D eigenvalue weighted by atomic mass is 79.9. The maximum absolute atomic E-state index is 12.4. The highest BCUT2D eigenvalue weighted by Crippen LogP contribution is 2.20. The molecular weight excluding hydrogens is 354 g/mol. The van der Waals surface area contributed by atoms with E-state index in [9.17, 15) is 4.79 Å². The molecule has 1 amide bonds. The number of amides is 1. The standard InChI is InChI=1S/C18H20BrN3O/c19-15-5-7-16(8-6-15)21-18(23)14-11-17(13-20-12-14)22-9-3-1-2-4-10-22/h5-8,11-13H,1-4,9-10H2,(H,21,23). The highest BCUT2D eigenvalue weighted by molar-refractivity contribution is 9.10. The number of anilines is 2. The lowest BCUT2D eigenvalue weighted by molar-refractivity contribution is 0.102. The Hall–Kier alpha value is -1.88. The van der Waals surface area contributed by atoms with Crippen molar-refractivity contribution >= 4 is 33.2 Å². The normalized spacial score (nSPS) is 15.1. The molecule has 1 fully saturated rings. The van der Waals surface area contributed by atoms with Crippen molar-refractivity contribution < 1.29 is 4.79 Å². The molecule has 4 nitrogen and oxygen atoms in total. The molecule has 0 unspecified atom stereocenters. The van der Waals surface area contributed by atoms with E-state index in [0.717, 1.165) is 28.9 Å². The van der Waals surface area contributed by atoms with E-state index in [1.54, 1.807) is 6.20 Å². The van der Waals surface area contributed by atoms with Crippen LogP contribution in [0.3, 0.4) is 0 Å². The van der Waals surface area contributed by atoms with E-state index >= 15 is 0 Å². The van der Waals surface area contributed by atoms with E-state index in [1.165, 1.54) is 25.7 Å². The van der Waals surface area contributed by atoms with Gasteiger partial charge in [-0.3, -0.25) is 9.78 Å². The SMILES string of the molecule is O=C(Nc1ccc(Br)cc1)c1cncc(N2CCCCCC2)c1. The van der Waals surface area contributed by atoms with Crippen LogP contribution in [-0.2, 0) is 0 Å². The molecule has 1 aliphatic heterocycles. The zero-order valence-electron chi connectivity index (χ0n) is 13.0. The van der Waals surface area contributed by atoms with Crippen LogP contribution in [0.1, 0.15) is 36.0 Å². The first-order valence-electron chi connectivity index (χ1n) is 7.99. The van der Waals surface area contributed by atoms with Crippen molar-refractivity contribution in [3.05, 3.63) is 52.8 Å². The van der Waals surface area contributed by atoms with Gasteiger partial charge in [0, 0.05) is 29.4 Å². The van der Waals surface area contributed by atoms with Gasteiger partial charge < -0.3 is 10.2 Å². The summed E-state index contributed by atoms with van der Waals surface area (Å²) in [6.45, 7) is 2.08. The summed E-state index contributed by atoms with van der Waals surface area (Å²) >= 11 is 3.39. The molecule has 0 saturated carbocycles. The van der Waals surface area contributed by atoms with Crippen molar-refractivity contribution in [1.82, 2.24) is 4.98 Å².